The Morgan fingerprint density at radius 3 is 2.33 bits per heavy atom. The molecule has 1 aromatic carbocycles. The molecule has 2 heterocycles. The number of aliphatic hydroxyl groups is 1. The third kappa shape index (κ3) is 5.34. The van der Waals surface area contributed by atoms with Gasteiger partial charge in [-0.1, -0.05) is 36.5 Å². The number of anilines is 1. The van der Waals surface area contributed by atoms with Gasteiger partial charge in [-0.15, -0.1) is 0 Å². The first-order chi connectivity index (χ1) is 18.0. The second-order valence-corrected chi connectivity index (χ2v) is 12.8. The Bertz CT molecular complexity index is 1350. The van der Waals surface area contributed by atoms with Crippen LogP contribution in [0.5, 0.6) is 0 Å². The number of nitrogens with zero attached hydrogens (tertiary/aromatic N) is 3. The maximum Gasteiger partial charge on any atom is 0.421 e. The number of imide groups is 1. The molecule has 2 saturated heterocycles. The van der Waals surface area contributed by atoms with Crippen molar-refractivity contribution in [2.45, 2.75) is 50.6 Å². The fraction of sp³-hybridized carbons (Fsp3) is 0.480. The van der Waals surface area contributed by atoms with Crippen LogP contribution in [0.15, 0.2) is 47.4 Å². The van der Waals surface area contributed by atoms with Gasteiger partial charge in [0, 0.05) is 36.6 Å². The minimum absolute atomic E-state index is 0.0158. The number of benzene rings is 1. The van der Waals surface area contributed by atoms with Crippen LogP contribution in [0.25, 0.3) is 0 Å². The second-order valence-electron chi connectivity index (χ2n) is 10.4. The predicted octanol–water partition coefficient (Wildman–Crippen LogP) is 2.82. The van der Waals surface area contributed by atoms with Crippen LogP contribution in [-0.2, 0) is 20.4 Å². The molecule has 2 aliphatic heterocycles. The van der Waals surface area contributed by atoms with Gasteiger partial charge in [0.25, 0.3) is 5.91 Å². The number of hydrogen-bond donors (Lipinski definition) is 2. The van der Waals surface area contributed by atoms with E-state index in [1.807, 2.05) is 0 Å². The minimum atomic E-state index is -4.89. The van der Waals surface area contributed by atoms with E-state index in [-0.39, 0.29) is 41.5 Å². The molecule has 1 aromatic rings. The average Bonchev–Trinajstić information content (AvgIpc) is 3.05. The van der Waals surface area contributed by atoms with E-state index >= 15 is 0 Å². The summed E-state index contributed by atoms with van der Waals surface area (Å²) in [5.41, 5.74) is -4.12. The summed E-state index contributed by atoms with van der Waals surface area (Å²) in [6.45, 7) is 3.66. The molecule has 0 spiro atoms. The summed E-state index contributed by atoms with van der Waals surface area (Å²) in [6, 6.07) is 3.75. The lowest BCUT2D eigenvalue weighted by atomic mass is 9.95. The highest BCUT2D eigenvalue weighted by atomic mass is 32.2. The van der Waals surface area contributed by atoms with Crippen molar-refractivity contribution in [1.29, 1.82) is 0 Å². The van der Waals surface area contributed by atoms with E-state index < -0.39 is 45.3 Å². The maximum atomic E-state index is 13.5. The van der Waals surface area contributed by atoms with Crippen LogP contribution < -0.4 is 10.2 Å². The van der Waals surface area contributed by atoms with Crippen molar-refractivity contribution in [1.82, 2.24) is 14.5 Å². The molecule has 0 aromatic heterocycles. The first-order valence-corrected chi connectivity index (χ1v) is 14.0. The zero-order valence-corrected chi connectivity index (χ0v) is 23.2. The standard InChI is InChI=1S/C25H29F3N4O5S2/c1-23(2)21(33)32(22(34)29-23)15-18-14-30(39(36,37)20-7-5-4-6-19(20)38)12-13-31(18)17-10-8-16(9-11-17)24(3,35)25(26,27)28/h4-5,7-11,18,35H,6,12-15H2,1-3H3,(H,29,34)/t18-,24?/m1/s1. The van der Waals surface area contributed by atoms with Gasteiger partial charge in [0.15, 0.2) is 5.60 Å². The van der Waals surface area contributed by atoms with E-state index in [1.165, 1.54) is 22.5 Å². The van der Waals surface area contributed by atoms with Crippen molar-refractivity contribution < 1.29 is 36.3 Å². The molecule has 3 aliphatic rings. The monoisotopic (exact) mass is 586 g/mol. The molecule has 212 valence electrons. The Balaban J connectivity index is 1.66. The molecule has 0 saturated carbocycles. The molecule has 2 N–H and O–H groups in total. The summed E-state index contributed by atoms with van der Waals surface area (Å²) in [4.78, 5) is 28.6. The van der Waals surface area contributed by atoms with Crippen LogP contribution in [0.2, 0.25) is 0 Å². The zero-order valence-electron chi connectivity index (χ0n) is 21.5. The molecule has 0 bridgehead atoms. The number of hydrogen-bond acceptors (Lipinski definition) is 7. The molecule has 2 atom stereocenters. The number of alkyl halides is 3. The van der Waals surface area contributed by atoms with E-state index in [9.17, 15) is 36.3 Å². The van der Waals surface area contributed by atoms with Crippen molar-refractivity contribution in [3.63, 3.8) is 0 Å². The van der Waals surface area contributed by atoms with Gasteiger partial charge < -0.3 is 15.3 Å². The molecule has 14 heteroatoms. The van der Waals surface area contributed by atoms with Crippen molar-refractivity contribution in [3.05, 3.63) is 53.0 Å². The van der Waals surface area contributed by atoms with Crippen LogP contribution in [0, 0.1) is 0 Å². The van der Waals surface area contributed by atoms with Gasteiger partial charge in [-0.25, -0.2) is 13.2 Å². The fourth-order valence-electron chi connectivity index (χ4n) is 4.77. The minimum Gasteiger partial charge on any atom is -0.376 e. The van der Waals surface area contributed by atoms with Gasteiger partial charge in [-0.05, 0) is 44.5 Å². The Morgan fingerprint density at radius 2 is 1.79 bits per heavy atom. The lowest BCUT2D eigenvalue weighted by molar-refractivity contribution is -0.258. The average molecular weight is 587 g/mol. The van der Waals surface area contributed by atoms with Crippen LogP contribution in [0.3, 0.4) is 0 Å². The predicted molar refractivity (Wildman–Crippen MR) is 142 cm³/mol. The maximum absolute atomic E-state index is 13.5. The highest BCUT2D eigenvalue weighted by Crippen LogP contribution is 2.39. The van der Waals surface area contributed by atoms with Crippen LogP contribution >= 0.6 is 12.2 Å². The number of urea groups is 1. The molecule has 39 heavy (non-hydrogen) atoms. The number of piperazine rings is 1. The smallest absolute Gasteiger partial charge is 0.376 e. The first-order valence-electron chi connectivity index (χ1n) is 12.2. The molecule has 1 aliphatic carbocycles. The second kappa shape index (κ2) is 9.98. The molecule has 1 unspecified atom stereocenters. The lowest BCUT2D eigenvalue weighted by Crippen LogP contribution is -2.59. The normalized spacial score (nSPS) is 24.0. The molecule has 2 fully saturated rings. The number of nitrogens with one attached hydrogen (secondary N) is 1. The molecule has 4 rings (SSSR count). The van der Waals surface area contributed by atoms with Gasteiger partial charge in [-0.3, -0.25) is 9.69 Å². The topological polar surface area (TPSA) is 110 Å². The van der Waals surface area contributed by atoms with E-state index in [2.05, 4.69) is 5.32 Å². The summed E-state index contributed by atoms with van der Waals surface area (Å²) in [7, 11) is -3.99. The quantitative estimate of drug-likeness (QED) is 0.390. The molecule has 9 nitrogen and oxygen atoms in total. The van der Waals surface area contributed by atoms with Crippen molar-refractivity contribution in [2.75, 3.05) is 31.1 Å². The largest absolute Gasteiger partial charge is 0.421 e. The van der Waals surface area contributed by atoms with Crippen molar-refractivity contribution in [3.8, 4) is 0 Å². The van der Waals surface area contributed by atoms with Crippen LogP contribution in [0.1, 0.15) is 32.8 Å². The first kappa shape index (κ1) is 29.2. The number of amides is 3. The number of carbonyl (C=O) groups is 2. The highest BCUT2D eigenvalue weighted by Gasteiger charge is 2.51. The number of allylic oxidation sites excluding steroid dienone is 4. The van der Waals surface area contributed by atoms with Crippen LogP contribution in [0.4, 0.5) is 23.7 Å². The Morgan fingerprint density at radius 1 is 1.15 bits per heavy atom. The van der Waals surface area contributed by atoms with Gasteiger partial charge in [0.1, 0.15) is 5.54 Å². The Labute approximate surface area is 230 Å². The fourth-order valence-corrected chi connectivity index (χ4v) is 6.84. The van der Waals surface area contributed by atoms with E-state index in [0.29, 0.717) is 19.0 Å². The Kier molecular flexibility index (Phi) is 7.47. The van der Waals surface area contributed by atoms with E-state index in [0.717, 1.165) is 17.0 Å². The SMILES string of the molecule is CC1(C)NC(=O)N(C[C@H]2CN(S(=O)(=O)C3=CC=CCC3=S)CCN2c2ccc(C(C)(O)C(F)(F)F)cc2)C1=O. The molecule has 3 amide bonds. The summed E-state index contributed by atoms with van der Waals surface area (Å²) in [5, 5.41) is 12.6. The summed E-state index contributed by atoms with van der Waals surface area (Å²) in [6.07, 6.45) is 0.227. The molecular weight excluding hydrogens is 557 g/mol. The number of sulfonamides is 1. The highest BCUT2D eigenvalue weighted by molar-refractivity contribution is 7.96. The van der Waals surface area contributed by atoms with Gasteiger partial charge in [-0.2, -0.15) is 17.5 Å². The number of carbonyl (C=O) groups excluding carboxylic acids is 2. The molecular formula is C25H29F3N4O5S2. The third-order valence-corrected chi connectivity index (χ3v) is 9.64. The lowest BCUT2D eigenvalue weighted by Gasteiger charge is -2.43. The summed E-state index contributed by atoms with van der Waals surface area (Å²) < 4.78 is 68.2. The number of thiocarbonyl (C=S) groups is 1. The number of rotatable bonds is 6. The summed E-state index contributed by atoms with van der Waals surface area (Å²) >= 11 is 5.27. The van der Waals surface area contributed by atoms with Gasteiger partial charge in [0.2, 0.25) is 10.0 Å². The van der Waals surface area contributed by atoms with Gasteiger partial charge in [0.05, 0.1) is 17.5 Å². The Hall–Kier alpha value is -2.81. The summed E-state index contributed by atoms with van der Waals surface area (Å²) in [5.74, 6) is -0.481. The van der Waals surface area contributed by atoms with Crippen molar-refractivity contribution >= 4 is 44.7 Å². The van der Waals surface area contributed by atoms with Crippen LogP contribution in [-0.4, -0.2) is 83.5 Å². The van der Waals surface area contributed by atoms with Gasteiger partial charge >= 0.3 is 12.2 Å². The van der Waals surface area contributed by atoms with E-state index in [4.69, 9.17) is 12.2 Å². The number of halogens is 3. The van der Waals surface area contributed by atoms with E-state index in [1.54, 1.807) is 30.9 Å². The van der Waals surface area contributed by atoms with Crippen molar-refractivity contribution in [2.24, 2.45) is 0 Å². The third-order valence-electron chi connectivity index (χ3n) is 7.18. The zero-order chi connectivity index (χ0) is 29.0. The molecule has 0 radical (unpaired) electrons.